The van der Waals surface area contributed by atoms with E-state index in [1.807, 2.05) is 0 Å². The van der Waals surface area contributed by atoms with E-state index in [9.17, 15) is 0 Å². The average Bonchev–Trinajstić information content (AvgIpc) is 2.61. The smallest absolute Gasteiger partial charge is 0.132 e. The van der Waals surface area contributed by atoms with E-state index in [0.29, 0.717) is 5.41 Å². The van der Waals surface area contributed by atoms with Crippen molar-refractivity contribution in [3.63, 3.8) is 0 Å². The molecule has 0 atom stereocenters. The molecule has 0 aliphatic heterocycles. The van der Waals surface area contributed by atoms with Crippen LogP contribution in [0.15, 0.2) is 46.9 Å². The van der Waals surface area contributed by atoms with Gasteiger partial charge in [-0.1, -0.05) is 41.1 Å². The number of ether oxygens (including phenoxy) is 1. The summed E-state index contributed by atoms with van der Waals surface area (Å²) in [6.45, 7) is 2.19. The maximum absolute atomic E-state index is 6.45. The van der Waals surface area contributed by atoms with E-state index in [0.717, 1.165) is 40.1 Å². The molecule has 4 aliphatic carbocycles. The molecule has 0 spiro atoms. The molecule has 0 aromatic heterocycles. The molecule has 26 heavy (non-hydrogen) atoms. The Hall–Kier alpha value is -1.28. The maximum Gasteiger partial charge on any atom is 0.132 e. The molecule has 2 heteroatoms. The third-order valence-electron chi connectivity index (χ3n) is 7.11. The zero-order valence-electron chi connectivity index (χ0n) is 15.5. The molecule has 6 rings (SSSR count). The van der Waals surface area contributed by atoms with Gasteiger partial charge in [-0.25, -0.2) is 0 Å². The van der Waals surface area contributed by atoms with Crippen molar-refractivity contribution in [2.75, 3.05) is 0 Å². The van der Waals surface area contributed by atoms with E-state index in [4.69, 9.17) is 4.74 Å². The van der Waals surface area contributed by atoms with Crippen molar-refractivity contribution < 1.29 is 4.74 Å². The van der Waals surface area contributed by atoms with Gasteiger partial charge in [0.1, 0.15) is 11.5 Å². The number of hydrogen-bond donors (Lipinski definition) is 0. The molecular weight excluding hydrogens is 384 g/mol. The van der Waals surface area contributed by atoms with E-state index in [1.165, 1.54) is 49.7 Å². The van der Waals surface area contributed by atoms with Gasteiger partial charge in [0.25, 0.3) is 0 Å². The van der Waals surface area contributed by atoms with Crippen LogP contribution in [0.3, 0.4) is 0 Å². The quantitative estimate of drug-likeness (QED) is 0.514. The monoisotopic (exact) mass is 410 g/mol. The van der Waals surface area contributed by atoms with Gasteiger partial charge in [-0.05, 0) is 97.9 Å². The van der Waals surface area contributed by atoms with Crippen LogP contribution in [-0.2, 0) is 11.8 Å². The van der Waals surface area contributed by atoms with Crippen LogP contribution in [0.5, 0.6) is 11.5 Å². The molecule has 136 valence electrons. The summed E-state index contributed by atoms with van der Waals surface area (Å²) in [5.74, 6) is 4.85. The normalized spacial score (nSPS) is 32.0. The lowest BCUT2D eigenvalue weighted by molar-refractivity contribution is -0.00598. The van der Waals surface area contributed by atoms with Gasteiger partial charge in [0, 0.05) is 10.0 Å². The summed E-state index contributed by atoms with van der Waals surface area (Å²) in [6.07, 6.45) is 9.60. The highest BCUT2D eigenvalue weighted by molar-refractivity contribution is 9.10. The highest BCUT2D eigenvalue weighted by atomic mass is 79.9. The molecule has 4 fully saturated rings. The standard InChI is InChI=1S/C24H27BrO/c1-2-16-3-6-21(7-4-16)26-23-12-20(25)5-8-22(23)24-13-17-9-18(14-24)11-19(10-17)15-24/h3-8,12,17-19H,2,9-11,13-15H2,1H3. The zero-order chi connectivity index (χ0) is 17.7. The van der Waals surface area contributed by atoms with Crippen molar-refractivity contribution in [1.82, 2.24) is 0 Å². The van der Waals surface area contributed by atoms with E-state index in [-0.39, 0.29) is 0 Å². The summed E-state index contributed by atoms with van der Waals surface area (Å²) in [5.41, 5.74) is 3.17. The van der Waals surface area contributed by atoms with Crippen LogP contribution in [0.2, 0.25) is 0 Å². The van der Waals surface area contributed by atoms with Crippen LogP contribution in [0.1, 0.15) is 56.6 Å². The van der Waals surface area contributed by atoms with Crippen LogP contribution in [0, 0.1) is 17.8 Å². The summed E-state index contributed by atoms with van der Waals surface area (Å²) in [5, 5.41) is 0. The fraction of sp³-hybridized carbons (Fsp3) is 0.500. The van der Waals surface area contributed by atoms with E-state index in [2.05, 4.69) is 65.3 Å². The fourth-order valence-electron chi connectivity index (χ4n) is 6.38. The van der Waals surface area contributed by atoms with Crippen molar-refractivity contribution in [2.45, 2.75) is 57.3 Å². The molecule has 2 aromatic carbocycles. The third-order valence-corrected chi connectivity index (χ3v) is 7.61. The summed E-state index contributed by atoms with van der Waals surface area (Å²) in [7, 11) is 0. The first-order chi connectivity index (χ1) is 12.6. The van der Waals surface area contributed by atoms with E-state index < -0.39 is 0 Å². The molecule has 4 aliphatic rings. The fourth-order valence-corrected chi connectivity index (χ4v) is 6.72. The van der Waals surface area contributed by atoms with Crippen molar-refractivity contribution in [2.24, 2.45) is 17.8 Å². The summed E-state index contributed by atoms with van der Waals surface area (Å²) in [6, 6.07) is 15.3. The van der Waals surface area contributed by atoms with Crippen LogP contribution in [0.4, 0.5) is 0 Å². The zero-order valence-corrected chi connectivity index (χ0v) is 17.1. The topological polar surface area (TPSA) is 9.23 Å². The Morgan fingerprint density at radius 3 is 2.12 bits per heavy atom. The molecule has 0 radical (unpaired) electrons. The first-order valence-electron chi connectivity index (χ1n) is 10.2. The van der Waals surface area contributed by atoms with Crippen molar-refractivity contribution in [3.05, 3.63) is 58.1 Å². The van der Waals surface area contributed by atoms with Gasteiger partial charge in [0.15, 0.2) is 0 Å². The van der Waals surface area contributed by atoms with Crippen LogP contribution in [-0.4, -0.2) is 0 Å². The average molecular weight is 411 g/mol. The molecule has 4 saturated carbocycles. The van der Waals surface area contributed by atoms with E-state index in [1.54, 1.807) is 0 Å². The summed E-state index contributed by atoms with van der Waals surface area (Å²) >= 11 is 3.66. The number of benzene rings is 2. The van der Waals surface area contributed by atoms with Gasteiger partial charge in [0.2, 0.25) is 0 Å². The lowest BCUT2D eigenvalue weighted by Gasteiger charge is -2.57. The largest absolute Gasteiger partial charge is 0.457 e. The highest BCUT2D eigenvalue weighted by Gasteiger charge is 2.52. The number of rotatable bonds is 4. The van der Waals surface area contributed by atoms with Crippen LogP contribution < -0.4 is 4.74 Å². The molecule has 0 amide bonds. The Labute approximate surface area is 165 Å². The van der Waals surface area contributed by atoms with Crippen molar-refractivity contribution in [1.29, 1.82) is 0 Å². The lowest BCUT2D eigenvalue weighted by atomic mass is 9.48. The SMILES string of the molecule is CCc1ccc(Oc2cc(Br)ccc2C23CC4CC(CC(C4)C2)C3)cc1. The Morgan fingerprint density at radius 1 is 0.923 bits per heavy atom. The van der Waals surface area contributed by atoms with Gasteiger partial charge < -0.3 is 4.74 Å². The van der Waals surface area contributed by atoms with Gasteiger partial charge in [-0.15, -0.1) is 0 Å². The molecule has 2 aromatic rings. The van der Waals surface area contributed by atoms with Crippen molar-refractivity contribution in [3.8, 4) is 11.5 Å². The molecule has 0 unspecified atom stereocenters. The first-order valence-corrected chi connectivity index (χ1v) is 11.0. The Bertz CT molecular complexity index is 772. The molecule has 0 heterocycles. The van der Waals surface area contributed by atoms with Gasteiger partial charge in [-0.2, -0.15) is 0 Å². The van der Waals surface area contributed by atoms with E-state index >= 15 is 0 Å². The molecule has 0 N–H and O–H groups in total. The Morgan fingerprint density at radius 2 is 1.54 bits per heavy atom. The Balaban J connectivity index is 1.51. The second kappa shape index (κ2) is 6.41. The van der Waals surface area contributed by atoms with Gasteiger partial charge >= 0.3 is 0 Å². The number of hydrogen-bond acceptors (Lipinski definition) is 1. The van der Waals surface area contributed by atoms with Crippen molar-refractivity contribution >= 4 is 15.9 Å². The second-order valence-electron chi connectivity index (χ2n) is 8.94. The third kappa shape index (κ3) is 2.91. The molecule has 4 bridgehead atoms. The maximum atomic E-state index is 6.45. The predicted molar refractivity (Wildman–Crippen MR) is 110 cm³/mol. The second-order valence-corrected chi connectivity index (χ2v) is 9.85. The molecule has 0 saturated heterocycles. The number of aryl methyl sites for hydroxylation is 1. The Kier molecular flexibility index (Phi) is 4.15. The van der Waals surface area contributed by atoms with Crippen LogP contribution in [0.25, 0.3) is 0 Å². The van der Waals surface area contributed by atoms with Gasteiger partial charge in [-0.3, -0.25) is 0 Å². The summed E-state index contributed by atoms with van der Waals surface area (Å²) < 4.78 is 7.55. The minimum absolute atomic E-state index is 0.355. The summed E-state index contributed by atoms with van der Waals surface area (Å²) in [4.78, 5) is 0. The lowest BCUT2D eigenvalue weighted by Crippen LogP contribution is -2.48. The minimum Gasteiger partial charge on any atom is -0.457 e. The molecule has 1 nitrogen and oxygen atoms in total. The number of halogens is 1. The highest BCUT2D eigenvalue weighted by Crippen LogP contribution is 2.62. The van der Waals surface area contributed by atoms with Gasteiger partial charge in [0.05, 0.1) is 0 Å². The first kappa shape index (κ1) is 16.9. The predicted octanol–water partition coefficient (Wildman–Crippen LogP) is 7.27. The minimum atomic E-state index is 0.355. The van der Waals surface area contributed by atoms with Crippen LogP contribution >= 0.6 is 15.9 Å². The molecular formula is C24H27BrO.